The van der Waals surface area contributed by atoms with Crippen molar-refractivity contribution in [1.82, 2.24) is 10.2 Å². The molecule has 110 valence electrons. The Morgan fingerprint density at radius 3 is 2.26 bits per heavy atom. The molecule has 0 aromatic rings. The Balaban J connectivity index is 5.10. The Kier molecular flexibility index (Phi) is 5.81. The van der Waals surface area contributed by atoms with Gasteiger partial charge in [0, 0.05) is 13.1 Å². The number of carboxylic acid groups (broad SMARTS) is 1. The zero-order valence-electron chi connectivity index (χ0n) is 10.2. The number of nitrogens with zero attached hydrogens (tertiary/aromatic N) is 1. The fourth-order valence-corrected chi connectivity index (χ4v) is 1.09. The zero-order chi connectivity index (χ0) is 15.3. The average molecular weight is 284 g/mol. The monoisotopic (exact) mass is 284 g/mol. The van der Waals surface area contributed by atoms with Crippen molar-refractivity contribution in [2.75, 3.05) is 19.7 Å². The van der Waals surface area contributed by atoms with Crippen LogP contribution in [-0.2, 0) is 4.79 Å². The first-order chi connectivity index (χ1) is 8.60. The summed E-state index contributed by atoms with van der Waals surface area (Å²) in [6, 6.07) is -1.25. The largest absolute Gasteiger partial charge is 0.479 e. The van der Waals surface area contributed by atoms with Crippen LogP contribution in [0, 0.1) is 0 Å². The second-order valence-electron chi connectivity index (χ2n) is 3.82. The van der Waals surface area contributed by atoms with Crippen LogP contribution in [-0.4, -0.2) is 58.5 Å². The van der Waals surface area contributed by atoms with Crippen molar-refractivity contribution in [3.05, 3.63) is 12.7 Å². The highest BCUT2D eigenvalue weighted by Gasteiger charge is 2.58. The van der Waals surface area contributed by atoms with Gasteiger partial charge < -0.3 is 20.4 Å². The number of carbonyl (C=O) groups excluding carboxylic acids is 1. The topological polar surface area (TPSA) is 89.9 Å². The van der Waals surface area contributed by atoms with Crippen LogP contribution in [0.25, 0.3) is 0 Å². The highest BCUT2D eigenvalue weighted by atomic mass is 19.4. The van der Waals surface area contributed by atoms with Gasteiger partial charge in [0.05, 0.1) is 6.61 Å². The van der Waals surface area contributed by atoms with Gasteiger partial charge in [-0.2, -0.15) is 13.2 Å². The lowest BCUT2D eigenvalue weighted by atomic mass is 10.0. The van der Waals surface area contributed by atoms with E-state index in [9.17, 15) is 22.8 Å². The predicted molar refractivity (Wildman–Crippen MR) is 59.5 cm³/mol. The lowest BCUT2D eigenvalue weighted by Gasteiger charge is -2.31. The first-order valence-corrected chi connectivity index (χ1v) is 5.19. The molecule has 2 amide bonds. The third-order valence-electron chi connectivity index (χ3n) is 2.36. The molecular weight excluding hydrogens is 269 g/mol. The minimum atomic E-state index is -5.16. The van der Waals surface area contributed by atoms with E-state index in [1.165, 1.54) is 11.4 Å². The number of aliphatic hydroxyl groups is 1. The molecule has 0 aliphatic heterocycles. The summed E-state index contributed by atoms with van der Waals surface area (Å²) in [5, 5.41) is 18.7. The molecule has 6 nitrogen and oxygen atoms in total. The Bertz CT molecular complexity index is 359. The Hall–Kier alpha value is -1.77. The number of rotatable bonds is 6. The van der Waals surface area contributed by atoms with Crippen molar-refractivity contribution in [1.29, 1.82) is 0 Å². The lowest BCUT2D eigenvalue weighted by molar-refractivity contribution is -0.203. The number of hydrogen-bond donors (Lipinski definition) is 3. The van der Waals surface area contributed by atoms with Crippen LogP contribution in [0.4, 0.5) is 18.0 Å². The number of aliphatic carboxylic acids is 1. The minimum Gasteiger partial charge on any atom is -0.479 e. The van der Waals surface area contributed by atoms with Gasteiger partial charge in [-0.25, -0.2) is 9.59 Å². The molecule has 1 unspecified atom stereocenters. The van der Waals surface area contributed by atoms with Crippen LogP contribution >= 0.6 is 0 Å². The minimum absolute atomic E-state index is 0.125. The number of nitrogens with one attached hydrogen (secondary N) is 1. The van der Waals surface area contributed by atoms with E-state index in [1.807, 2.05) is 0 Å². The summed E-state index contributed by atoms with van der Waals surface area (Å²) in [5.74, 6) is -2.23. The maximum Gasteiger partial charge on any atom is 0.422 e. The van der Waals surface area contributed by atoms with Crippen molar-refractivity contribution in [2.24, 2.45) is 0 Å². The molecule has 0 aliphatic carbocycles. The molecule has 0 aromatic heterocycles. The summed E-state index contributed by atoms with van der Waals surface area (Å²) in [6.45, 7) is 2.80. The van der Waals surface area contributed by atoms with Gasteiger partial charge in [0.1, 0.15) is 0 Å². The number of urea groups is 1. The van der Waals surface area contributed by atoms with Gasteiger partial charge in [-0.15, -0.1) is 6.58 Å². The van der Waals surface area contributed by atoms with E-state index in [0.29, 0.717) is 6.92 Å². The van der Waals surface area contributed by atoms with E-state index in [1.54, 1.807) is 0 Å². The van der Waals surface area contributed by atoms with Crippen molar-refractivity contribution >= 4 is 12.0 Å². The Morgan fingerprint density at radius 1 is 1.42 bits per heavy atom. The van der Waals surface area contributed by atoms with Gasteiger partial charge in [0.15, 0.2) is 0 Å². The van der Waals surface area contributed by atoms with E-state index in [0.717, 1.165) is 4.90 Å². The fourth-order valence-electron chi connectivity index (χ4n) is 1.09. The molecule has 3 N–H and O–H groups in total. The molecule has 0 aromatic carbocycles. The highest BCUT2D eigenvalue weighted by molar-refractivity contribution is 5.86. The van der Waals surface area contributed by atoms with Gasteiger partial charge in [-0.3, -0.25) is 0 Å². The lowest BCUT2D eigenvalue weighted by Crippen LogP contribution is -2.64. The number of carbonyl (C=O) groups is 2. The van der Waals surface area contributed by atoms with E-state index in [-0.39, 0.29) is 13.1 Å². The molecule has 0 saturated heterocycles. The van der Waals surface area contributed by atoms with E-state index >= 15 is 0 Å². The number of alkyl halides is 3. The Morgan fingerprint density at radius 2 is 1.95 bits per heavy atom. The fraction of sp³-hybridized carbons (Fsp3) is 0.600. The van der Waals surface area contributed by atoms with Crippen molar-refractivity contribution in [3.8, 4) is 0 Å². The summed E-state index contributed by atoms with van der Waals surface area (Å²) < 4.78 is 38.0. The average Bonchev–Trinajstić information content (AvgIpc) is 2.26. The first-order valence-electron chi connectivity index (χ1n) is 5.19. The van der Waals surface area contributed by atoms with Crippen molar-refractivity contribution in [2.45, 2.75) is 18.6 Å². The molecule has 0 spiro atoms. The standard InChI is InChI=1S/C10H15F3N2O4/c1-3-4-15(5-6-16)8(19)14-9(2,7(17)18)10(11,12)13/h3,16H,1,4-6H2,2H3,(H,14,19)(H,17,18). The zero-order valence-corrected chi connectivity index (χ0v) is 10.2. The van der Waals surface area contributed by atoms with Gasteiger partial charge in [0.25, 0.3) is 0 Å². The maximum atomic E-state index is 12.7. The maximum absolute atomic E-state index is 12.7. The summed E-state index contributed by atoms with van der Waals surface area (Å²) in [7, 11) is 0. The second-order valence-corrected chi connectivity index (χ2v) is 3.82. The van der Waals surface area contributed by atoms with Crippen LogP contribution in [0.3, 0.4) is 0 Å². The summed E-state index contributed by atoms with van der Waals surface area (Å²) in [6.07, 6.45) is -3.92. The number of halogens is 3. The van der Waals surface area contributed by atoms with Gasteiger partial charge in [-0.1, -0.05) is 6.08 Å². The summed E-state index contributed by atoms with van der Waals surface area (Å²) in [4.78, 5) is 23.1. The van der Waals surface area contributed by atoms with Crippen molar-refractivity contribution in [3.63, 3.8) is 0 Å². The van der Waals surface area contributed by atoms with Crippen LogP contribution < -0.4 is 5.32 Å². The van der Waals surface area contributed by atoms with E-state index in [2.05, 4.69) is 6.58 Å². The Labute approximate surface area is 107 Å². The normalized spacial score (nSPS) is 14.4. The molecular formula is C10H15F3N2O4. The van der Waals surface area contributed by atoms with E-state index < -0.39 is 30.3 Å². The number of hydrogen-bond acceptors (Lipinski definition) is 3. The van der Waals surface area contributed by atoms with Gasteiger partial charge in [0.2, 0.25) is 5.54 Å². The SMILES string of the molecule is C=CCN(CCO)C(=O)NC(C)(C(=O)O)C(F)(F)F. The molecule has 1 atom stereocenters. The molecule has 0 rings (SSSR count). The molecule has 0 saturated carbocycles. The number of aliphatic hydroxyl groups excluding tert-OH is 1. The first kappa shape index (κ1) is 17.2. The molecule has 0 fully saturated rings. The van der Waals surface area contributed by atoms with Crippen LogP contribution in [0.15, 0.2) is 12.7 Å². The third kappa shape index (κ3) is 4.12. The number of carboxylic acids is 1. The van der Waals surface area contributed by atoms with Gasteiger partial charge in [-0.05, 0) is 6.92 Å². The predicted octanol–water partition coefficient (Wildman–Crippen LogP) is 0.582. The summed E-state index contributed by atoms with van der Waals surface area (Å²) >= 11 is 0. The molecule has 9 heteroatoms. The summed E-state index contributed by atoms with van der Waals surface area (Å²) in [5.41, 5.74) is -3.40. The quantitative estimate of drug-likeness (QED) is 0.622. The number of amides is 2. The molecule has 0 aliphatic rings. The van der Waals surface area contributed by atoms with Crippen LogP contribution in [0.5, 0.6) is 0 Å². The third-order valence-corrected chi connectivity index (χ3v) is 2.36. The molecule has 0 radical (unpaired) electrons. The van der Waals surface area contributed by atoms with Crippen LogP contribution in [0.1, 0.15) is 6.92 Å². The smallest absolute Gasteiger partial charge is 0.422 e. The molecule has 19 heavy (non-hydrogen) atoms. The molecule has 0 bridgehead atoms. The molecule has 0 heterocycles. The van der Waals surface area contributed by atoms with Gasteiger partial charge >= 0.3 is 18.2 Å². The van der Waals surface area contributed by atoms with Crippen molar-refractivity contribution < 1.29 is 33.0 Å². The second kappa shape index (κ2) is 6.41. The van der Waals surface area contributed by atoms with Crippen LogP contribution in [0.2, 0.25) is 0 Å². The van der Waals surface area contributed by atoms with E-state index in [4.69, 9.17) is 10.2 Å². The highest BCUT2D eigenvalue weighted by Crippen LogP contribution is 2.30.